The maximum Gasteiger partial charge on any atom is 0.151 e. The lowest BCUT2D eigenvalue weighted by Gasteiger charge is -2.40. The van der Waals surface area contributed by atoms with Crippen molar-refractivity contribution in [2.24, 2.45) is 10.8 Å². The molecule has 0 aromatic carbocycles. The van der Waals surface area contributed by atoms with E-state index in [0.717, 1.165) is 12.2 Å². The summed E-state index contributed by atoms with van der Waals surface area (Å²) in [5, 5.41) is 0.257. The van der Waals surface area contributed by atoms with Crippen molar-refractivity contribution >= 4 is 17.5 Å². The fraction of sp³-hybridized carbons (Fsp3) is 0.923. The van der Waals surface area contributed by atoms with E-state index >= 15 is 0 Å². The second-order valence-electron chi connectivity index (χ2n) is 6.09. The Morgan fingerprint density at radius 2 is 1.73 bits per heavy atom. The van der Waals surface area contributed by atoms with Gasteiger partial charge in [0.2, 0.25) is 0 Å². The van der Waals surface area contributed by atoms with Gasteiger partial charge in [-0.1, -0.05) is 41.0 Å². The molecule has 1 aliphatic heterocycles. The lowest BCUT2D eigenvalue weighted by Crippen LogP contribution is -2.43. The fourth-order valence-corrected chi connectivity index (χ4v) is 3.15. The Morgan fingerprint density at radius 1 is 1.13 bits per heavy atom. The lowest BCUT2D eigenvalue weighted by molar-refractivity contribution is -0.132. The van der Waals surface area contributed by atoms with Gasteiger partial charge in [-0.3, -0.25) is 4.79 Å². The molecule has 0 aromatic heterocycles. The van der Waals surface area contributed by atoms with Crippen molar-refractivity contribution in [3.8, 4) is 0 Å². The first-order chi connectivity index (χ1) is 6.77. The lowest BCUT2D eigenvalue weighted by atomic mass is 9.66. The minimum atomic E-state index is -0.206. The van der Waals surface area contributed by atoms with Gasteiger partial charge in [0.25, 0.3) is 0 Å². The minimum Gasteiger partial charge on any atom is -0.298 e. The predicted molar refractivity (Wildman–Crippen MR) is 68.3 cm³/mol. The molecular formula is C13H24OS. The van der Waals surface area contributed by atoms with Crippen LogP contribution in [0.3, 0.4) is 0 Å². The summed E-state index contributed by atoms with van der Waals surface area (Å²) < 4.78 is 0. The van der Waals surface area contributed by atoms with Crippen molar-refractivity contribution < 1.29 is 4.79 Å². The van der Waals surface area contributed by atoms with Crippen LogP contribution < -0.4 is 0 Å². The first-order valence-corrected chi connectivity index (χ1v) is 6.97. The first-order valence-electron chi connectivity index (χ1n) is 5.93. The number of ketones is 1. The summed E-state index contributed by atoms with van der Waals surface area (Å²) in [6.07, 6.45) is 3.59. The van der Waals surface area contributed by atoms with Crippen molar-refractivity contribution in [2.75, 3.05) is 5.75 Å². The third kappa shape index (κ3) is 2.77. The van der Waals surface area contributed by atoms with E-state index in [1.807, 2.05) is 11.8 Å². The van der Waals surface area contributed by atoms with Crippen LogP contribution in [0.4, 0.5) is 0 Å². The Kier molecular flexibility index (Phi) is 3.91. The van der Waals surface area contributed by atoms with E-state index in [4.69, 9.17) is 0 Å². The molecule has 0 amide bonds. The summed E-state index contributed by atoms with van der Waals surface area (Å²) in [5.74, 6) is 1.62. The molecule has 0 saturated carbocycles. The zero-order chi connectivity index (χ0) is 11.7. The maximum absolute atomic E-state index is 12.4. The topological polar surface area (TPSA) is 17.1 Å². The third-order valence-corrected chi connectivity index (χ3v) is 5.34. The molecule has 0 radical (unpaired) electrons. The van der Waals surface area contributed by atoms with E-state index < -0.39 is 0 Å². The fourth-order valence-electron chi connectivity index (χ4n) is 1.72. The molecule has 0 N–H and O–H groups in total. The first kappa shape index (κ1) is 13.1. The van der Waals surface area contributed by atoms with E-state index in [1.165, 1.54) is 12.8 Å². The van der Waals surface area contributed by atoms with Crippen LogP contribution in [0.25, 0.3) is 0 Å². The van der Waals surface area contributed by atoms with Crippen LogP contribution in [-0.2, 0) is 4.79 Å². The zero-order valence-electron chi connectivity index (χ0n) is 10.7. The standard InChI is InChI=1S/C13H24OS/c1-12(2,3)13(4,5)11(14)10-8-6-7-9-15-10/h10H,6-9H2,1-5H3. The van der Waals surface area contributed by atoms with Crippen LogP contribution in [0.1, 0.15) is 53.9 Å². The van der Waals surface area contributed by atoms with Crippen molar-refractivity contribution in [3.05, 3.63) is 0 Å². The number of carbonyl (C=O) groups excluding carboxylic acids is 1. The van der Waals surface area contributed by atoms with Crippen molar-refractivity contribution in [1.82, 2.24) is 0 Å². The molecule has 1 nitrogen and oxygen atoms in total. The van der Waals surface area contributed by atoms with Gasteiger partial charge >= 0.3 is 0 Å². The summed E-state index contributed by atoms with van der Waals surface area (Å²) in [6.45, 7) is 10.7. The summed E-state index contributed by atoms with van der Waals surface area (Å²) in [6, 6.07) is 0. The average molecular weight is 228 g/mol. The third-order valence-electron chi connectivity index (χ3n) is 3.96. The van der Waals surface area contributed by atoms with Gasteiger partial charge in [-0.15, -0.1) is 0 Å². The highest BCUT2D eigenvalue weighted by Gasteiger charge is 2.42. The van der Waals surface area contributed by atoms with Gasteiger partial charge in [-0.05, 0) is 24.0 Å². The molecule has 1 unspecified atom stereocenters. The van der Waals surface area contributed by atoms with Gasteiger partial charge in [-0.25, -0.2) is 0 Å². The van der Waals surface area contributed by atoms with E-state index in [-0.39, 0.29) is 16.1 Å². The molecule has 15 heavy (non-hydrogen) atoms. The molecule has 88 valence electrons. The number of hydrogen-bond donors (Lipinski definition) is 0. The van der Waals surface area contributed by atoms with Gasteiger partial charge in [0.1, 0.15) is 0 Å². The van der Waals surface area contributed by atoms with E-state index in [1.54, 1.807) is 0 Å². The molecule has 1 fully saturated rings. The Hall–Kier alpha value is 0.0200. The Morgan fingerprint density at radius 3 is 2.13 bits per heavy atom. The molecule has 0 aromatic rings. The zero-order valence-corrected chi connectivity index (χ0v) is 11.5. The average Bonchev–Trinajstić information content (AvgIpc) is 2.16. The van der Waals surface area contributed by atoms with Crippen LogP contribution in [0.15, 0.2) is 0 Å². The van der Waals surface area contributed by atoms with Crippen LogP contribution in [0.2, 0.25) is 0 Å². The van der Waals surface area contributed by atoms with E-state index in [9.17, 15) is 4.79 Å². The molecule has 1 heterocycles. The highest BCUT2D eigenvalue weighted by atomic mass is 32.2. The normalized spacial score (nSPS) is 23.9. The second kappa shape index (κ2) is 4.48. The van der Waals surface area contributed by atoms with Crippen molar-refractivity contribution in [3.63, 3.8) is 0 Å². The predicted octanol–water partition coefficient (Wildman–Crippen LogP) is 3.91. The highest BCUT2D eigenvalue weighted by molar-refractivity contribution is 8.00. The summed E-state index contributed by atoms with van der Waals surface area (Å²) in [4.78, 5) is 12.4. The Labute approximate surface area is 98.4 Å². The molecule has 2 heteroatoms. The minimum absolute atomic E-state index is 0.0576. The molecule has 0 bridgehead atoms. The van der Waals surface area contributed by atoms with Gasteiger partial charge in [0.05, 0.1) is 5.25 Å². The quantitative estimate of drug-likeness (QED) is 0.712. The van der Waals surface area contributed by atoms with Gasteiger partial charge in [-0.2, -0.15) is 11.8 Å². The Bertz CT molecular complexity index is 231. The number of carbonyl (C=O) groups is 1. The van der Waals surface area contributed by atoms with Gasteiger partial charge in [0.15, 0.2) is 5.78 Å². The largest absolute Gasteiger partial charge is 0.298 e. The van der Waals surface area contributed by atoms with Crippen LogP contribution in [0.5, 0.6) is 0 Å². The monoisotopic (exact) mass is 228 g/mol. The summed E-state index contributed by atoms with van der Waals surface area (Å²) >= 11 is 1.86. The maximum atomic E-state index is 12.4. The molecular weight excluding hydrogens is 204 g/mol. The highest BCUT2D eigenvalue weighted by Crippen LogP contribution is 2.42. The molecule has 1 aliphatic rings. The summed E-state index contributed by atoms with van der Waals surface area (Å²) in [5.41, 5.74) is -0.149. The Balaban J connectivity index is 2.74. The summed E-state index contributed by atoms with van der Waals surface area (Å²) in [7, 11) is 0. The van der Waals surface area contributed by atoms with E-state index in [2.05, 4.69) is 34.6 Å². The van der Waals surface area contributed by atoms with Gasteiger partial charge < -0.3 is 0 Å². The number of hydrogen-bond acceptors (Lipinski definition) is 2. The molecule has 0 spiro atoms. The SMILES string of the molecule is CC(C)(C)C(C)(C)C(=O)C1CCCCS1. The van der Waals surface area contributed by atoms with Crippen LogP contribution >= 0.6 is 11.8 Å². The second-order valence-corrected chi connectivity index (χ2v) is 7.41. The molecule has 0 aliphatic carbocycles. The van der Waals surface area contributed by atoms with Gasteiger partial charge in [0, 0.05) is 5.41 Å². The van der Waals surface area contributed by atoms with Crippen LogP contribution in [0, 0.1) is 10.8 Å². The molecule has 1 saturated heterocycles. The number of thioether (sulfide) groups is 1. The van der Waals surface area contributed by atoms with Crippen molar-refractivity contribution in [2.45, 2.75) is 59.1 Å². The van der Waals surface area contributed by atoms with E-state index in [0.29, 0.717) is 5.78 Å². The molecule has 1 atom stereocenters. The number of rotatable bonds is 2. The smallest absolute Gasteiger partial charge is 0.151 e. The van der Waals surface area contributed by atoms with Crippen LogP contribution in [-0.4, -0.2) is 16.8 Å². The molecule has 1 rings (SSSR count). The van der Waals surface area contributed by atoms with Crippen molar-refractivity contribution in [1.29, 1.82) is 0 Å². The number of Topliss-reactive ketones (excluding diaryl/α,β-unsaturated/α-hetero) is 1.